The number of rotatable bonds is 5. The van der Waals surface area contributed by atoms with Gasteiger partial charge in [-0.3, -0.25) is 4.79 Å². The van der Waals surface area contributed by atoms with Gasteiger partial charge in [0.2, 0.25) is 5.91 Å². The highest BCUT2D eigenvalue weighted by Gasteiger charge is 2.54. The van der Waals surface area contributed by atoms with E-state index in [0.29, 0.717) is 23.3 Å². The molecule has 1 amide bonds. The summed E-state index contributed by atoms with van der Waals surface area (Å²) in [7, 11) is 0. The molecule has 1 atom stereocenters. The lowest BCUT2D eigenvalue weighted by Crippen LogP contribution is -2.56. The summed E-state index contributed by atoms with van der Waals surface area (Å²) < 4.78 is 13.0. The van der Waals surface area contributed by atoms with E-state index in [0.717, 1.165) is 19.3 Å². The molecule has 0 radical (unpaired) electrons. The van der Waals surface area contributed by atoms with Gasteiger partial charge >= 0.3 is 5.97 Å². The number of carbonyl (C=O) groups excluding carboxylic acids is 1. The molecule has 0 aromatic heterocycles. The first-order valence-electron chi connectivity index (χ1n) is 9.22. The summed E-state index contributed by atoms with van der Waals surface area (Å²) in [6.45, 7) is 0. The number of carboxylic acid groups (broad SMARTS) is 1. The summed E-state index contributed by atoms with van der Waals surface area (Å²) in [6, 6.07) is 4.81. The molecular formula is C20H24FNO3. The van der Waals surface area contributed by atoms with Crippen molar-refractivity contribution in [3.05, 3.63) is 35.6 Å². The molecule has 0 unspecified atom stereocenters. The molecule has 1 aromatic carbocycles. The second-order valence-electron chi connectivity index (χ2n) is 8.39. The maximum Gasteiger partial charge on any atom is 0.326 e. The smallest absolute Gasteiger partial charge is 0.326 e. The van der Waals surface area contributed by atoms with E-state index in [1.165, 1.54) is 31.4 Å². The minimum absolute atomic E-state index is 0.0823. The zero-order chi connectivity index (χ0) is 17.6. The molecule has 25 heavy (non-hydrogen) atoms. The van der Waals surface area contributed by atoms with Crippen molar-refractivity contribution in [3.8, 4) is 0 Å². The lowest BCUT2D eigenvalue weighted by atomic mass is 9.49. The Morgan fingerprint density at radius 2 is 1.60 bits per heavy atom. The van der Waals surface area contributed by atoms with Crippen molar-refractivity contribution < 1.29 is 19.1 Å². The number of nitrogens with one attached hydrogen (secondary N) is 1. The zero-order valence-electron chi connectivity index (χ0n) is 14.2. The summed E-state index contributed by atoms with van der Waals surface area (Å²) in [4.78, 5) is 24.7. The van der Waals surface area contributed by atoms with E-state index in [1.54, 1.807) is 12.1 Å². The topological polar surface area (TPSA) is 66.4 Å². The van der Waals surface area contributed by atoms with Crippen LogP contribution in [0.5, 0.6) is 0 Å². The summed E-state index contributed by atoms with van der Waals surface area (Å²) in [6.07, 6.45) is 6.63. The number of hydrogen-bond donors (Lipinski definition) is 2. The highest BCUT2D eigenvalue weighted by molar-refractivity contribution is 5.88. The molecule has 1 aromatic rings. The van der Waals surface area contributed by atoms with Gasteiger partial charge in [0.05, 0.1) is 0 Å². The molecule has 4 nitrogen and oxygen atoms in total. The molecule has 0 heterocycles. The zero-order valence-corrected chi connectivity index (χ0v) is 14.2. The van der Waals surface area contributed by atoms with E-state index in [1.807, 2.05) is 0 Å². The Kier molecular flexibility index (Phi) is 4.05. The summed E-state index contributed by atoms with van der Waals surface area (Å²) in [5.74, 6) is 0.434. The number of carboxylic acids is 1. The normalized spacial score (nSPS) is 33.9. The number of aliphatic carboxylic acids is 1. The molecule has 5 heteroatoms. The fourth-order valence-electron chi connectivity index (χ4n) is 5.76. The van der Waals surface area contributed by atoms with Crippen LogP contribution in [0.15, 0.2) is 24.3 Å². The van der Waals surface area contributed by atoms with Gasteiger partial charge in [0.15, 0.2) is 0 Å². The first-order chi connectivity index (χ1) is 11.9. The standard InChI is InChI=1S/C20H24FNO3/c21-16-3-1-12(2-4-16)8-17(18(23)24)22-19(25)20-9-13-5-14(10-20)7-15(6-13)11-20/h1-4,13-15,17H,5-11H2,(H,22,25)(H,23,24)/t13?,14?,15?,17-,20?/m0/s1. The SMILES string of the molecule is O=C(O)[C@H](Cc1ccc(F)cc1)NC(=O)C12CC3CC(CC(C3)C1)C2. The van der Waals surface area contributed by atoms with Crippen molar-refractivity contribution in [2.24, 2.45) is 23.2 Å². The molecule has 134 valence electrons. The van der Waals surface area contributed by atoms with Crippen LogP contribution in [0.4, 0.5) is 4.39 Å². The third kappa shape index (κ3) is 3.16. The Balaban J connectivity index is 1.47. The van der Waals surface area contributed by atoms with Crippen molar-refractivity contribution in [2.45, 2.75) is 51.0 Å². The number of halogens is 1. The van der Waals surface area contributed by atoms with E-state index in [4.69, 9.17) is 0 Å². The maximum absolute atomic E-state index is 13.0. The van der Waals surface area contributed by atoms with E-state index < -0.39 is 12.0 Å². The minimum Gasteiger partial charge on any atom is -0.480 e. The highest BCUT2D eigenvalue weighted by Crippen LogP contribution is 2.60. The summed E-state index contributed by atoms with van der Waals surface area (Å²) >= 11 is 0. The molecule has 4 bridgehead atoms. The number of amides is 1. The first-order valence-corrected chi connectivity index (χ1v) is 9.22. The van der Waals surface area contributed by atoms with Crippen LogP contribution >= 0.6 is 0 Å². The van der Waals surface area contributed by atoms with Crippen LogP contribution in [-0.2, 0) is 16.0 Å². The molecule has 4 aliphatic carbocycles. The predicted molar refractivity (Wildman–Crippen MR) is 90.3 cm³/mol. The van der Waals surface area contributed by atoms with Crippen molar-refractivity contribution in [2.75, 3.05) is 0 Å². The average Bonchev–Trinajstić information content (AvgIpc) is 2.54. The van der Waals surface area contributed by atoms with Gasteiger partial charge in [-0.1, -0.05) is 12.1 Å². The summed E-state index contributed by atoms with van der Waals surface area (Å²) in [5.41, 5.74) is 0.352. The average molecular weight is 345 g/mol. The Bertz CT molecular complexity index is 649. The molecule has 2 N–H and O–H groups in total. The Morgan fingerprint density at radius 1 is 1.08 bits per heavy atom. The summed E-state index contributed by atoms with van der Waals surface area (Å²) in [5, 5.41) is 12.3. The molecule has 0 aliphatic heterocycles. The quantitative estimate of drug-likeness (QED) is 0.861. The van der Waals surface area contributed by atoms with Gasteiger partial charge in [-0.15, -0.1) is 0 Å². The molecule has 4 aliphatic rings. The van der Waals surface area contributed by atoms with Crippen LogP contribution in [0.2, 0.25) is 0 Å². The predicted octanol–water partition coefficient (Wildman–Crippen LogP) is 3.15. The van der Waals surface area contributed by atoms with Gasteiger partial charge in [0.1, 0.15) is 11.9 Å². The Labute approximate surface area is 146 Å². The van der Waals surface area contributed by atoms with Gasteiger partial charge in [0, 0.05) is 11.8 Å². The van der Waals surface area contributed by atoms with Crippen LogP contribution in [0.3, 0.4) is 0 Å². The van der Waals surface area contributed by atoms with Crippen LogP contribution in [0, 0.1) is 29.0 Å². The number of hydrogen-bond acceptors (Lipinski definition) is 2. The maximum atomic E-state index is 13.0. The van der Waals surface area contributed by atoms with Crippen molar-refractivity contribution >= 4 is 11.9 Å². The lowest BCUT2D eigenvalue weighted by molar-refractivity contribution is -0.151. The van der Waals surface area contributed by atoms with Gasteiger partial charge in [0.25, 0.3) is 0 Å². The molecule has 4 saturated carbocycles. The monoisotopic (exact) mass is 345 g/mol. The van der Waals surface area contributed by atoms with E-state index in [2.05, 4.69) is 5.32 Å². The lowest BCUT2D eigenvalue weighted by Gasteiger charge is -2.55. The van der Waals surface area contributed by atoms with Crippen LogP contribution in [0.1, 0.15) is 44.1 Å². The number of benzene rings is 1. The fraction of sp³-hybridized carbons (Fsp3) is 0.600. The van der Waals surface area contributed by atoms with Crippen LogP contribution in [0.25, 0.3) is 0 Å². The van der Waals surface area contributed by atoms with E-state index in [9.17, 15) is 19.1 Å². The number of carbonyl (C=O) groups is 2. The molecule has 5 rings (SSSR count). The minimum atomic E-state index is -1.04. The van der Waals surface area contributed by atoms with Gasteiger partial charge in [-0.05, 0) is 74.0 Å². The largest absolute Gasteiger partial charge is 0.480 e. The third-order valence-corrected chi connectivity index (χ3v) is 6.48. The van der Waals surface area contributed by atoms with Crippen molar-refractivity contribution in [1.82, 2.24) is 5.32 Å². The second kappa shape index (κ2) is 6.11. The van der Waals surface area contributed by atoms with E-state index >= 15 is 0 Å². The van der Waals surface area contributed by atoms with Gasteiger partial charge < -0.3 is 10.4 Å². The molecule has 0 saturated heterocycles. The fourth-order valence-corrected chi connectivity index (χ4v) is 5.76. The van der Waals surface area contributed by atoms with Gasteiger partial charge in [-0.25, -0.2) is 9.18 Å². The van der Waals surface area contributed by atoms with Crippen molar-refractivity contribution in [3.63, 3.8) is 0 Å². The first kappa shape index (κ1) is 16.6. The second-order valence-corrected chi connectivity index (χ2v) is 8.39. The molecular weight excluding hydrogens is 321 g/mol. The highest BCUT2D eigenvalue weighted by atomic mass is 19.1. The van der Waals surface area contributed by atoms with Crippen molar-refractivity contribution in [1.29, 1.82) is 0 Å². The third-order valence-electron chi connectivity index (χ3n) is 6.48. The Hall–Kier alpha value is -1.91. The molecule has 4 fully saturated rings. The molecule has 0 spiro atoms. The van der Waals surface area contributed by atoms with Crippen LogP contribution < -0.4 is 5.32 Å². The van der Waals surface area contributed by atoms with Gasteiger partial charge in [-0.2, -0.15) is 0 Å². The Morgan fingerprint density at radius 3 is 2.08 bits per heavy atom. The van der Waals surface area contributed by atoms with Crippen LogP contribution in [-0.4, -0.2) is 23.0 Å². The van der Waals surface area contributed by atoms with E-state index in [-0.39, 0.29) is 23.6 Å².